The van der Waals surface area contributed by atoms with Crippen molar-refractivity contribution in [1.82, 2.24) is 4.98 Å². The van der Waals surface area contributed by atoms with E-state index >= 15 is 0 Å². The number of benzene rings is 3. The van der Waals surface area contributed by atoms with E-state index in [1.165, 1.54) is 5.56 Å². The Labute approximate surface area is 164 Å². The summed E-state index contributed by atoms with van der Waals surface area (Å²) in [4.78, 5) is 16.4. The second-order valence-corrected chi connectivity index (χ2v) is 6.93. The lowest BCUT2D eigenvalue weighted by atomic mass is 9.99. The molecule has 1 aromatic heterocycles. The van der Waals surface area contributed by atoms with Gasteiger partial charge in [0, 0.05) is 17.1 Å². The summed E-state index contributed by atoms with van der Waals surface area (Å²) >= 11 is 0. The monoisotopic (exact) mass is 369 g/mol. The fraction of sp³-hybridized carbons (Fsp3) is 0.160. The van der Waals surface area contributed by atoms with E-state index in [4.69, 9.17) is 4.74 Å². The zero-order valence-electron chi connectivity index (χ0n) is 16.2. The maximum absolute atomic E-state index is 13.1. The van der Waals surface area contributed by atoms with Gasteiger partial charge in [-0.3, -0.25) is 4.79 Å². The van der Waals surface area contributed by atoms with E-state index in [-0.39, 0.29) is 5.43 Å². The standard InChI is InChI=1S/C25H23NO2/c1-3-5-20-6-4-7-22-24(20)26-16-23(25(22)27)19-10-8-17(9-11-19)18-12-14-21(28-2)15-13-18/h4,6-16H,3,5H2,1-2H3,(H,26,27). The molecule has 0 aliphatic carbocycles. The predicted molar refractivity (Wildman–Crippen MR) is 116 cm³/mol. The molecular weight excluding hydrogens is 346 g/mol. The highest BCUT2D eigenvalue weighted by atomic mass is 16.5. The van der Waals surface area contributed by atoms with Crippen molar-refractivity contribution < 1.29 is 4.74 Å². The molecule has 0 unspecified atom stereocenters. The average molecular weight is 369 g/mol. The van der Waals surface area contributed by atoms with Crippen LogP contribution in [0.15, 0.2) is 77.7 Å². The van der Waals surface area contributed by atoms with Crippen LogP contribution in [-0.2, 0) is 6.42 Å². The summed E-state index contributed by atoms with van der Waals surface area (Å²) in [5.74, 6) is 0.838. The Morgan fingerprint density at radius 1 is 0.857 bits per heavy atom. The van der Waals surface area contributed by atoms with Gasteiger partial charge in [0.2, 0.25) is 0 Å². The molecule has 0 aliphatic rings. The maximum Gasteiger partial charge on any atom is 0.197 e. The molecule has 0 fully saturated rings. The fourth-order valence-corrected chi connectivity index (χ4v) is 3.63. The van der Waals surface area contributed by atoms with Crippen molar-refractivity contribution in [2.24, 2.45) is 0 Å². The summed E-state index contributed by atoms with van der Waals surface area (Å²) < 4.78 is 5.22. The van der Waals surface area contributed by atoms with E-state index in [0.29, 0.717) is 5.56 Å². The topological polar surface area (TPSA) is 42.1 Å². The lowest BCUT2D eigenvalue weighted by Crippen LogP contribution is -2.07. The van der Waals surface area contributed by atoms with Crippen molar-refractivity contribution in [2.45, 2.75) is 19.8 Å². The quantitative estimate of drug-likeness (QED) is 0.481. The summed E-state index contributed by atoms with van der Waals surface area (Å²) in [5.41, 5.74) is 6.05. The van der Waals surface area contributed by atoms with Crippen molar-refractivity contribution in [1.29, 1.82) is 0 Å². The molecule has 28 heavy (non-hydrogen) atoms. The van der Waals surface area contributed by atoms with E-state index in [1.807, 2.05) is 66.9 Å². The molecule has 0 saturated heterocycles. The van der Waals surface area contributed by atoms with Crippen LogP contribution < -0.4 is 10.2 Å². The first-order valence-electron chi connectivity index (χ1n) is 9.59. The lowest BCUT2D eigenvalue weighted by molar-refractivity contribution is 0.415. The van der Waals surface area contributed by atoms with Gasteiger partial charge in [-0.15, -0.1) is 0 Å². The number of ether oxygens (including phenoxy) is 1. The van der Waals surface area contributed by atoms with Gasteiger partial charge in [-0.25, -0.2) is 0 Å². The Bertz CT molecular complexity index is 1160. The van der Waals surface area contributed by atoms with Gasteiger partial charge >= 0.3 is 0 Å². The molecule has 0 saturated carbocycles. The van der Waals surface area contributed by atoms with Crippen LogP contribution >= 0.6 is 0 Å². The summed E-state index contributed by atoms with van der Waals surface area (Å²) in [6.07, 6.45) is 3.85. The molecule has 4 aromatic rings. The Kier molecular flexibility index (Phi) is 4.98. The Morgan fingerprint density at radius 3 is 2.14 bits per heavy atom. The molecule has 3 heteroatoms. The largest absolute Gasteiger partial charge is 0.497 e. The second-order valence-electron chi connectivity index (χ2n) is 6.93. The van der Waals surface area contributed by atoms with E-state index in [9.17, 15) is 4.79 Å². The molecule has 3 nitrogen and oxygen atoms in total. The number of methoxy groups -OCH3 is 1. The Morgan fingerprint density at radius 2 is 1.50 bits per heavy atom. The van der Waals surface area contributed by atoms with Gasteiger partial charge in [-0.1, -0.05) is 61.9 Å². The molecule has 0 atom stereocenters. The van der Waals surface area contributed by atoms with Crippen LogP contribution in [0.1, 0.15) is 18.9 Å². The number of nitrogens with one attached hydrogen (secondary N) is 1. The third-order valence-electron chi connectivity index (χ3n) is 5.14. The first-order chi connectivity index (χ1) is 13.7. The number of rotatable bonds is 5. The minimum Gasteiger partial charge on any atom is -0.497 e. The Balaban J connectivity index is 1.72. The molecule has 0 aliphatic heterocycles. The van der Waals surface area contributed by atoms with E-state index < -0.39 is 0 Å². The molecule has 4 rings (SSSR count). The average Bonchev–Trinajstić information content (AvgIpc) is 2.75. The minimum absolute atomic E-state index is 0.0731. The smallest absolute Gasteiger partial charge is 0.197 e. The number of fused-ring (bicyclic) bond motifs is 1. The zero-order chi connectivity index (χ0) is 19.5. The van der Waals surface area contributed by atoms with Crippen molar-refractivity contribution in [3.63, 3.8) is 0 Å². The highest BCUT2D eigenvalue weighted by Gasteiger charge is 2.10. The number of aromatic amines is 1. The maximum atomic E-state index is 13.1. The third-order valence-corrected chi connectivity index (χ3v) is 5.14. The minimum atomic E-state index is 0.0731. The number of aryl methyl sites for hydroxylation is 1. The van der Waals surface area contributed by atoms with E-state index in [1.54, 1.807) is 7.11 Å². The normalized spacial score (nSPS) is 10.9. The first kappa shape index (κ1) is 18.1. The van der Waals surface area contributed by atoms with Crippen molar-refractivity contribution in [2.75, 3.05) is 7.11 Å². The molecule has 1 N–H and O–H groups in total. The van der Waals surface area contributed by atoms with Gasteiger partial charge in [0.05, 0.1) is 12.6 Å². The number of aromatic nitrogens is 1. The van der Waals surface area contributed by atoms with Gasteiger partial charge in [-0.05, 0) is 46.9 Å². The molecule has 0 bridgehead atoms. The number of pyridine rings is 1. The first-order valence-corrected chi connectivity index (χ1v) is 9.59. The van der Waals surface area contributed by atoms with E-state index in [0.717, 1.165) is 46.2 Å². The predicted octanol–water partition coefficient (Wildman–Crippen LogP) is 5.82. The van der Waals surface area contributed by atoms with E-state index in [2.05, 4.69) is 18.0 Å². The fourth-order valence-electron chi connectivity index (χ4n) is 3.63. The van der Waals surface area contributed by atoms with Gasteiger partial charge in [0.15, 0.2) is 5.43 Å². The number of H-pyrrole nitrogens is 1. The lowest BCUT2D eigenvalue weighted by Gasteiger charge is -2.09. The summed E-state index contributed by atoms with van der Waals surface area (Å²) in [6, 6.07) is 22.0. The van der Waals surface area contributed by atoms with Crippen LogP contribution in [0.2, 0.25) is 0 Å². The third kappa shape index (κ3) is 3.31. The molecule has 0 amide bonds. The summed E-state index contributed by atoms with van der Waals surface area (Å²) in [6.45, 7) is 2.15. The van der Waals surface area contributed by atoms with Gasteiger partial charge in [0.1, 0.15) is 5.75 Å². The molecule has 0 radical (unpaired) electrons. The van der Waals surface area contributed by atoms with Crippen molar-refractivity contribution >= 4 is 10.9 Å². The molecular formula is C25H23NO2. The molecule has 1 heterocycles. The molecule has 3 aromatic carbocycles. The van der Waals surface area contributed by atoms with Crippen LogP contribution in [0.4, 0.5) is 0 Å². The summed E-state index contributed by atoms with van der Waals surface area (Å²) in [5, 5.41) is 0.752. The van der Waals surface area contributed by atoms with Crippen molar-refractivity contribution in [3.05, 3.63) is 88.7 Å². The zero-order valence-corrected chi connectivity index (χ0v) is 16.2. The van der Waals surface area contributed by atoms with Crippen LogP contribution in [0.5, 0.6) is 5.75 Å². The Hall–Kier alpha value is -3.33. The highest BCUT2D eigenvalue weighted by Crippen LogP contribution is 2.26. The van der Waals surface area contributed by atoms with Crippen molar-refractivity contribution in [3.8, 4) is 28.0 Å². The second kappa shape index (κ2) is 7.73. The highest BCUT2D eigenvalue weighted by molar-refractivity contribution is 5.86. The van der Waals surface area contributed by atoms with Gasteiger partial charge in [0.25, 0.3) is 0 Å². The summed E-state index contributed by atoms with van der Waals surface area (Å²) in [7, 11) is 1.66. The van der Waals surface area contributed by atoms with Crippen LogP contribution in [0, 0.1) is 0 Å². The number of para-hydroxylation sites is 1. The SMILES string of the molecule is CCCc1cccc2c(=O)c(-c3ccc(-c4ccc(OC)cc4)cc3)c[nH]c12. The molecule has 140 valence electrons. The van der Waals surface area contributed by atoms with Gasteiger partial charge in [-0.2, -0.15) is 0 Å². The number of hydrogen-bond donors (Lipinski definition) is 1. The number of hydrogen-bond acceptors (Lipinski definition) is 2. The van der Waals surface area contributed by atoms with Crippen LogP contribution in [-0.4, -0.2) is 12.1 Å². The van der Waals surface area contributed by atoms with Crippen LogP contribution in [0.3, 0.4) is 0 Å². The van der Waals surface area contributed by atoms with Gasteiger partial charge < -0.3 is 9.72 Å². The molecule has 0 spiro atoms. The van der Waals surface area contributed by atoms with Crippen LogP contribution in [0.25, 0.3) is 33.2 Å².